The van der Waals surface area contributed by atoms with E-state index < -0.39 is 5.60 Å². The minimum atomic E-state index is -0.459. The summed E-state index contributed by atoms with van der Waals surface area (Å²) in [6.07, 6.45) is 4.21. The van der Waals surface area contributed by atoms with Crippen molar-refractivity contribution in [3.8, 4) is 0 Å². The van der Waals surface area contributed by atoms with Gasteiger partial charge in [-0.1, -0.05) is 6.92 Å². The number of rotatable bonds is 8. The first-order valence-electron chi connectivity index (χ1n) is 9.51. The van der Waals surface area contributed by atoms with Gasteiger partial charge in [-0.25, -0.2) is 4.79 Å². The molecular weight excluding hydrogens is 445 g/mol. The lowest BCUT2D eigenvalue weighted by Crippen LogP contribution is -2.46. The highest BCUT2D eigenvalue weighted by Gasteiger charge is 2.20. The summed E-state index contributed by atoms with van der Waals surface area (Å²) < 4.78 is 5.20. The Hall–Kier alpha value is -0.770. The molecule has 3 N–H and O–H groups in total. The van der Waals surface area contributed by atoms with Crippen LogP contribution in [-0.4, -0.2) is 68.4 Å². The van der Waals surface area contributed by atoms with Crippen LogP contribution in [0, 0.1) is 0 Å². The van der Waals surface area contributed by atoms with Crippen molar-refractivity contribution in [2.45, 2.75) is 65.0 Å². The number of nitrogens with zero attached hydrogens (tertiary/aromatic N) is 2. The van der Waals surface area contributed by atoms with Crippen LogP contribution in [0.1, 0.15) is 53.4 Å². The van der Waals surface area contributed by atoms with E-state index in [4.69, 9.17) is 4.74 Å². The molecule has 7 nitrogen and oxygen atoms in total. The van der Waals surface area contributed by atoms with Crippen molar-refractivity contribution in [3.63, 3.8) is 0 Å². The van der Waals surface area contributed by atoms with Crippen molar-refractivity contribution < 1.29 is 9.53 Å². The average molecular weight is 483 g/mol. The van der Waals surface area contributed by atoms with Gasteiger partial charge in [-0.3, -0.25) is 9.89 Å². The van der Waals surface area contributed by atoms with Crippen LogP contribution in [0.5, 0.6) is 0 Å². The molecule has 1 rings (SSSR count). The van der Waals surface area contributed by atoms with Gasteiger partial charge in [-0.05, 0) is 59.5 Å². The first-order valence-corrected chi connectivity index (χ1v) is 9.51. The Morgan fingerprint density at radius 3 is 2.31 bits per heavy atom. The third kappa shape index (κ3) is 11.1. The molecule has 1 saturated heterocycles. The zero-order chi connectivity index (χ0) is 18.7. The molecule has 1 aliphatic rings. The first kappa shape index (κ1) is 25.2. The van der Waals surface area contributed by atoms with E-state index in [2.05, 4.69) is 32.8 Å². The molecule has 26 heavy (non-hydrogen) atoms. The molecule has 1 amide bonds. The van der Waals surface area contributed by atoms with Gasteiger partial charge < -0.3 is 20.7 Å². The molecule has 1 fully saturated rings. The van der Waals surface area contributed by atoms with E-state index in [1.165, 1.54) is 25.9 Å². The van der Waals surface area contributed by atoms with E-state index in [0.717, 1.165) is 31.9 Å². The maximum Gasteiger partial charge on any atom is 0.407 e. The van der Waals surface area contributed by atoms with Gasteiger partial charge in [0.25, 0.3) is 0 Å². The summed E-state index contributed by atoms with van der Waals surface area (Å²) in [5.74, 6) is 0.815. The number of nitrogens with one attached hydrogen (secondary N) is 3. The van der Waals surface area contributed by atoms with Crippen LogP contribution in [0.25, 0.3) is 0 Å². The molecule has 0 aromatic heterocycles. The molecule has 0 aliphatic carbocycles. The summed E-state index contributed by atoms with van der Waals surface area (Å²) >= 11 is 0. The average Bonchev–Trinajstić information content (AvgIpc) is 3.05. The number of guanidine groups is 1. The second-order valence-corrected chi connectivity index (χ2v) is 7.47. The van der Waals surface area contributed by atoms with Gasteiger partial charge in [0.05, 0.1) is 0 Å². The van der Waals surface area contributed by atoms with Crippen molar-refractivity contribution in [2.75, 3.05) is 39.8 Å². The molecule has 1 aliphatic heterocycles. The Kier molecular flexibility index (Phi) is 13.0. The number of carbonyl (C=O) groups excluding carboxylic acids is 1. The number of hydrogen-bond donors (Lipinski definition) is 3. The number of hydrogen-bond acceptors (Lipinski definition) is 4. The number of amides is 1. The largest absolute Gasteiger partial charge is 0.444 e. The van der Waals surface area contributed by atoms with Crippen molar-refractivity contribution in [1.82, 2.24) is 20.9 Å². The van der Waals surface area contributed by atoms with Gasteiger partial charge in [0, 0.05) is 32.7 Å². The fourth-order valence-electron chi connectivity index (χ4n) is 2.87. The monoisotopic (exact) mass is 483 g/mol. The second-order valence-electron chi connectivity index (χ2n) is 7.47. The first-order chi connectivity index (χ1) is 11.9. The van der Waals surface area contributed by atoms with E-state index in [-0.39, 0.29) is 30.1 Å². The Morgan fingerprint density at radius 1 is 1.15 bits per heavy atom. The molecule has 1 heterocycles. The third-order valence-electron chi connectivity index (χ3n) is 4.17. The summed E-state index contributed by atoms with van der Waals surface area (Å²) in [5, 5.41) is 9.46. The lowest BCUT2D eigenvalue weighted by Gasteiger charge is -2.27. The zero-order valence-electron chi connectivity index (χ0n) is 17.1. The lowest BCUT2D eigenvalue weighted by atomic mass is 10.2. The van der Waals surface area contributed by atoms with Gasteiger partial charge in [-0.2, -0.15) is 0 Å². The van der Waals surface area contributed by atoms with Crippen LogP contribution < -0.4 is 16.0 Å². The van der Waals surface area contributed by atoms with E-state index in [1.54, 1.807) is 7.05 Å². The topological polar surface area (TPSA) is 78.0 Å². The standard InChI is InChI=1S/C18H37N5O2.HI/c1-6-15(23-12-7-8-13-23)14-22-16(19-5)20-10-9-11-21-17(24)25-18(2,3)4;/h15H,6-14H2,1-5H3,(H,21,24)(H2,19,20,22);1H. The number of halogens is 1. The normalized spacial score (nSPS) is 16.6. The number of likely N-dealkylation sites (tertiary alicyclic amines) is 1. The fraction of sp³-hybridized carbons (Fsp3) is 0.889. The van der Waals surface area contributed by atoms with Crippen LogP contribution in [0.15, 0.2) is 4.99 Å². The van der Waals surface area contributed by atoms with Crippen LogP contribution in [-0.2, 0) is 4.74 Å². The predicted molar refractivity (Wildman–Crippen MR) is 119 cm³/mol. The number of aliphatic imine (C=N–C) groups is 1. The number of carbonyl (C=O) groups is 1. The van der Waals surface area contributed by atoms with Gasteiger partial charge >= 0.3 is 6.09 Å². The summed E-state index contributed by atoms with van der Waals surface area (Å²) in [5.41, 5.74) is -0.459. The van der Waals surface area contributed by atoms with Crippen LogP contribution >= 0.6 is 24.0 Å². The molecule has 0 radical (unpaired) electrons. The summed E-state index contributed by atoms with van der Waals surface area (Å²) in [6.45, 7) is 12.5. The maximum absolute atomic E-state index is 11.6. The second kappa shape index (κ2) is 13.4. The van der Waals surface area contributed by atoms with Crippen LogP contribution in [0.4, 0.5) is 4.79 Å². The van der Waals surface area contributed by atoms with Crippen molar-refractivity contribution >= 4 is 36.0 Å². The molecule has 1 unspecified atom stereocenters. The van der Waals surface area contributed by atoms with Crippen LogP contribution in [0.2, 0.25) is 0 Å². The Balaban J connectivity index is 0.00000625. The molecule has 8 heteroatoms. The predicted octanol–water partition coefficient (Wildman–Crippen LogP) is 2.56. The van der Waals surface area contributed by atoms with Gasteiger partial charge in [0.1, 0.15) is 5.60 Å². The quantitative estimate of drug-likeness (QED) is 0.214. The molecule has 154 valence electrons. The molecule has 1 atom stereocenters. The van der Waals surface area contributed by atoms with E-state index >= 15 is 0 Å². The van der Waals surface area contributed by atoms with Crippen LogP contribution in [0.3, 0.4) is 0 Å². The molecule has 0 saturated carbocycles. The van der Waals surface area contributed by atoms with Gasteiger partial charge in [0.15, 0.2) is 5.96 Å². The van der Waals surface area contributed by atoms with E-state index in [0.29, 0.717) is 12.6 Å². The molecule has 0 spiro atoms. The minimum absolute atomic E-state index is 0. The van der Waals surface area contributed by atoms with Gasteiger partial charge in [-0.15, -0.1) is 24.0 Å². The van der Waals surface area contributed by atoms with Gasteiger partial charge in [0.2, 0.25) is 0 Å². The molecule has 0 bridgehead atoms. The molecular formula is C18H38IN5O2. The highest BCUT2D eigenvalue weighted by atomic mass is 127. The number of alkyl carbamates (subject to hydrolysis) is 1. The maximum atomic E-state index is 11.6. The molecule has 0 aromatic rings. The van der Waals surface area contributed by atoms with E-state index in [9.17, 15) is 4.79 Å². The third-order valence-corrected chi connectivity index (χ3v) is 4.17. The zero-order valence-corrected chi connectivity index (χ0v) is 19.4. The van der Waals surface area contributed by atoms with Crippen molar-refractivity contribution in [2.24, 2.45) is 4.99 Å². The summed E-state index contributed by atoms with van der Waals surface area (Å²) in [4.78, 5) is 18.4. The van der Waals surface area contributed by atoms with Crippen molar-refractivity contribution in [1.29, 1.82) is 0 Å². The highest BCUT2D eigenvalue weighted by molar-refractivity contribution is 14.0. The summed E-state index contributed by atoms with van der Waals surface area (Å²) in [7, 11) is 1.78. The fourth-order valence-corrected chi connectivity index (χ4v) is 2.87. The van der Waals surface area contributed by atoms with Crippen molar-refractivity contribution in [3.05, 3.63) is 0 Å². The Morgan fingerprint density at radius 2 is 1.77 bits per heavy atom. The SMILES string of the molecule is CCC(CNC(=NC)NCCCNC(=O)OC(C)(C)C)N1CCCC1.I. The number of ether oxygens (including phenoxy) is 1. The molecule has 0 aromatic carbocycles. The minimum Gasteiger partial charge on any atom is -0.444 e. The smallest absolute Gasteiger partial charge is 0.407 e. The van der Waals surface area contributed by atoms with E-state index in [1.807, 2.05) is 20.8 Å². The lowest BCUT2D eigenvalue weighted by molar-refractivity contribution is 0.0527. The Bertz CT molecular complexity index is 420. The highest BCUT2D eigenvalue weighted by Crippen LogP contribution is 2.13. The Labute approximate surface area is 176 Å². The summed E-state index contributed by atoms with van der Waals surface area (Å²) in [6, 6.07) is 0.565.